The molecule has 0 amide bonds. The van der Waals surface area contributed by atoms with Gasteiger partial charge in [-0.05, 0) is 12.3 Å². The van der Waals surface area contributed by atoms with Crippen LogP contribution in [0.25, 0.3) is 0 Å². The van der Waals surface area contributed by atoms with E-state index >= 15 is 0 Å². The molecule has 0 heterocycles. The van der Waals surface area contributed by atoms with Crippen molar-refractivity contribution in [2.24, 2.45) is 5.41 Å². The Morgan fingerprint density at radius 1 is 1.42 bits per heavy atom. The lowest BCUT2D eigenvalue weighted by Gasteiger charge is -2.51. The summed E-state index contributed by atoms with van der Waals surface area (Å²) in [6.45, 7) is 8.98. The van der Waals surface area contributed by atoms with Crippen LogP contribution in [0.4, 0.5) is 0 Å². The van der Waals surface area contributed by atoms with E-state index in [9.17, 15) is 5.11 Å². The fraction of sp³-hybridized carbons (Fsp3) is 1.00. The Labute approximate surface area is 74.9 Å². The van der Waals surface area contributed by atoms with Crippen molar-refractivity contribution in [3.05, 3.63) is 0 Å². The molecule has 1 N–H and O–H groups in total. The first kappa shape index (κ1) is 10.0. The highest BCUT2D eigenvalue weighted by molar-refractivity contribution is 5.02. The largest absolute Gasteiger partial charge is 0.389 e. The molecule has 0 bridgehead atoms. The molecule has 0 aromatic rings. The van der Waals surface area contributed by atoms with Crippen molar-refractivity contribution in [2.45, 2.75) is 52.2 Å². The average molecular weight is 172 g/mol. The highest BCUT2D eigenvalue weighted by atomic mass is 16.5. The molecule has 0 atom stereocenters. The van der Waals surface area contributed by atoms with E-state index in [0.717, 1.165) is 19.4 Å². The predicted molar refractivity (Wildman–Crippen MR) is 49.1 cm³/mol. The third kappa shape index (κ3) is 1.64. The van der Waals surface area contributed by atoms with Crippen molar-refractivity contribution >= 4 is 0 Å². The molecule has 1 aliphatic carbocycles. The first-order valence-electron chi connectivity index (χ1n) is 4.73. The predicted octanol–water partition coefficient (Wildman–Crippen LogP) is 1.96. The minimum atomic E-state index is -0.493. The third-order valence-corrected chi connectivity index (χ3v) is 2.93. The van der Waals surface area contributed by atoms with Gasteiger partial charge < -0.3 is 9.84 Å². The number of ether oxygens (including phenoxy) is 1. The maximum atomic E-state index is 10.1. The van der Waals surface area contributed by atoms with Gasteiger partial charge >= 0.3 is 0 Å². The summed E-state index contributed by atoms with van der Waals surface area (Å²) in [5, 5.41) is 10.1. The van der Waals surface area contributed by atoms with Gasteiger partial charge in [-0.3, -0.25) is 0 Å². The Balaban J connectivity index is 2.40. The minimum Gasteiger partial charge on any atom is -0.389 e. The van der Waals surface area contributed by atoms with Crippen molar-refractivity contribution < 1.29 is 9.84 Å². The Morgan fingerprint density at radius 3 is 2.25 bits per heavy atom. The van der Waals surface area contributed by atoms with Gasteiger partial charge in [0.25, 0.3) is 0 Å². The van der Waals surface area contributed by atoms with Crippen molar-refractivity contribution in [2.75, 3.05) is 6.61 Å². The normalized spacial score (nSPS) is 36.2. The molecule has 0 aromatic heterocycles. The van der Waals surface area contributed by atoms with Crippen LogP contribution in [-0.2, 0) is 4.74 Å². The fourth-order valence-electron chi connectivity index (χ4n) is 1.66. The second-order valence-electron chi connectivity index (χ2n) is 4.77. The summed E-state index contributed by atoms with van der Waals surface area (Å²) in [6.07, 6.45) is 1.88. The van der Waals surface area contributed by atoms with Crippen LogP contribution in [0.3, 0.4) is 0 Å². The van der Waals surface area contributed by atoms with Crippen molar-refractivity contribution in [3.63, 3.8) is 0 Å². The van der Waals surface area contributed by atoms with E-state index in [4.69, 9.17) is 4.74 Å². The summed E-state index contributed by atoms with van der Waals surface area (Å²) in [5.41, 5.74) is -0.507. The summed E-state index contributed by atoms with van der Waals surface area (Å²) in [5.74, 6) is 0. The molecule has 1 aliphatic rings. The van der Waals surface area contributed by atoms with Crippen LogP contribution in [0.2, 0.25) is 0 Å². The topological polar surface area (TPSA) is 29.5 Å². The summed E-state index contributed by atoms with van der Waals surface area (Å²) in [4.78, 5) is 0. The number of aliphatic hydroxyl groups is 1. The van der Waals surface area contributed by atoms with Crippen LogP contribution in [0.5, 0.6) is 0 Å². The zero-order valence-electron chi connectivity index (χ0n) is 8.55. The van der Waals surface area contributed by atoms with Gasteiger partial charge in [-0.15, -0.1) is 0 Å². The highest BCUT2D eigenvalue weighted by Crippen LogP contribution is 2.46. The molecule has 2 nitrogen and oxygen atoms in total. The molecule has 0 unspecified atom stereocenters. The van der Waals surface area contributed by atoms with Crippen LogP contribution in [0, 0.1) is 5.41 Å². The fourth-order valence-corrected chi connectivity index (χ4v) is 1.66. The second-order valence-corrected chi connectivity index (χ2v) is 4.77. The molecule has 1 saturated carbocycles. The highest BCUT2D eigenvalue weighted by Gasteiger charge is 2.50. The first-order chi connectivity index (χ1) is 5.39. The maximum Gasteiger partial charge on any atom is 0.0745 e. The zero-order valence-corrected chi connectivity index (χ0v) is 8.55. The van der Waals surface area contributed by atoms with E-state index in [1.54, 1.807) is 0 Å². The molecule has 0 radical (unpaired) electrons. The first-order valence-corrected chi connectivity index (χ1v) is 4.73. The third-order valence-electron chi connectivity index (χ3n) is 2.93. The van der Waals surface area contributed by atoms with Gasteiger partial charge in [0.15, 0.2) is 0 Å². The molecule has 0 aliphatic heterocycles. The lowest BCUT2D eigenvalue weighted by Crippen LogP contribution is -2.56. The number of hydrogen-bond donors (Lipinski definition) is 1. The molecular weight excluding hydrogens is 152 g/mol. The van der Waals surface area contributed by atoms with Gasteiger partial charge in [0.2, 0.25) is 0 Å². The summed E-state index contributed by atoms with van der Waals surface area (Å²) in [7, 11) is 0. The summed E-state index contributed by atoms with van der Waals surface area (Å²) >= 11 is 0. The second kappa shape index (κ2) is 3.00. The molecule has 2 heteroatoms. The molecule has 72 valence electrons. The van der Waals surface area contributed by atoms with Crippen LogP contribution in [0.15, 0.2) is 0 Å². The van der Waals surface area contributed by atoms with Gasteiger partial charge in [-0.1, -0.05) is 20.8 Å². The molecule has 1 rings (SSSR count). The molecule has 0 saturated heterocycles. The number of hydrogen-bond acceptors (Lipinski definition) is 2. The van der Waals surface area contributed by atoms with E-state index < -0.39 is 5.60 Å². The van der Waals surface area contributed by atoms with E-state index in [1.165, 1.54) is 0 Å². The Bertz CT molecular complexity index is 152. The maximum absolute atomic E-state index is 10.1. The monoisotopic (exact) mass is 172 g/mol. The zero-order chi connectivity index (χ0) is 9.41. The Kier molecular flexibility index (Phi) is 2.50. The molecule has 0 aromatic carbocycles. The van der Waals surface area contributed by atoms with E-state index in [1.807, 2.05) is 6.92 Å². The van der Waals surface area contributed by atoms with Gasteiger partial charge in [0, 0.05) is 19.4 Å². The quantitative estimate of drug-likeness (QED) is 0.690. The van der Waals surface area contributed by atoms with E-state index in [2.05, 4.69) is 20.8 Å². The minimum absolute atomic E-state index is 0.0133. The van der Waals surface area contributed by atoms with Crippen LogP contribution in [-0.4, -0.2) is 23.4 Å². The van der Waals surface area contributed by atoms with Gasteiger partial charge in [-0.25, -0.2) is 0 Å². The van der Waals surface area contributed by atoms with Crippen LogP contribution >= 0.6 is 0 Å². The number of rotatable bonds is 2. The summed E-state index contributed by atoms with van der Waals surface area (Å²) < 4.78 is 5.41. The van der Waals surface area contributed by atoms with Crippen LogP contribution < -0.4 is 0 Å². The van der Waals surface area contributed by atoms with Crippen molar-refractivity contribution in [3.8, 4) is 0 Å². The average Bonchev–Trinajstić information content (AvgIpc) is 1.82. The lowest BCUT2D eigenvalue weighted by molar-refractivity contribution is -0.188. The molecule has 0 spiro atoms. The molecular formula is C10H20O2. The standard InChI is InChI=1S/C10H20O2/c1-5-12-8-6-10(11,7-8)9(2,3)4/h8,11H,5-7H2,1-4H3. The van der Waals surface area contributed by atoms with Gasteiger partial charge in [0.1, 0.15) is 0 Å². The van der Waals surface area contributed by atoms with Crippen LogP contribution in [0.1, 0.15) is 40.5 Å². The SMILES string of the molecule is CCOC1CC(O)(C(C)(C)C)C1. The van der Waals surface area contributed by atoms with Gasteiger partial charge in [-0.2, -0.15) is 0 Å². The lowest BCUT2D eigenvalue weighted by atomic mass is 9.62. The van der Waals surface area contributed by atoms with E-state index in [0.29, 0.717) is 6.10 Å². The molecule has 12 heavy (non-hydrogen) atoms. The Morgan fingerprint density at radius 2 is 1.92 bits per heavy atom. The smallest absolute Gasteiger partial charge is 0.0745 e. The van der Waals surface area contributed by atoms with Crippen molar-refractivity contribution in [1.29, 1.82) is 0 Å². The summed E-state index contributed by atoms with van der Waals surface area (Å²) in [6, 6.07) is 0. The van der Waals surface area contributed by atoms with Crippen molar-refractivity contribution in [1.82, 2.24) is 0 Å². The molecule has 1 fully saturated rings. The van der Waals surface area contributed by atoms with Gasteiger partial charge in [0.05, 0.1) is 11.7 Å². The Hall–Kier alpha value is -0.0800. The van der Waals surface area contributed by atoms with E-state index in [-0.39, 0.29) is 5.41 Å².